The molecule has 0 amide bonds. The lowest BCUT2D eigenvalue weighted by molar-refractivity contribution is 0.0413. The molecule has 1 unspecified atom stereocenters. The molecule has 0 aliphatic carbocycles. The van der Waals surface area contributed by atoms with Crippen LogP contribution in [0.25, 0.3) is 0 Å². The van der Waals surface area contributed by atoms with E-state index < -0.39 is 10.0 Å². The maximum Gasteiger partial charge on any atom is 0.244 e. The Morgan fingerprint density at radius 2 is 2.05 bits per heavy atom. The lowest BCUT2D eigenvalue weighted by Crippen LogP contribution is -2.49. The molecule has 1 aliphatic heterocycles. The summed E-state index contributed by atoms with van der Waals surface area (Å²) >= 11 is 10.1. The van der Waals surface area contributed by atoms with E-state index in [0.29, 0.717) is 29.6 Å². The van der Waals surface area contributed by atoms with Gasteiger partial charge in [0.15, 0.2) is 0 Å². The highest BCUT2D eigenvalue weighted by Gasteiger charge is 2.34. The van der Waals surface area contributed by atoms with Crippen molar-refractivity contribution in [1.29, 1.82) is 0 Å². The van der Waals surface area contributed by atoms with Crippen molar-refractivity contribution < 1.29 is 13.2 Å². The average Bonchev–Trinajstić information content (AvgIpc) is 2.42. The molecule has 0 bridgehead atoms. The summed E-state index contributed by atoms with van der Waals surface area (Å²) in [5.74, 6) is 0. The van der Waals surface area contributed by atoms with Crippen molar-refractivity contribution in [2.45, 2.75) is 17.9 Å². The molecule has 1 atom stereocenters. The second-order valence-corrected chi connectivity index (χ2v) is 8.75. The zero-order valence-corrected chi connectivity index (χ0v) is 16.3. The van der Waals surface area contributed by atoms with Crippen LogP contribution in [0.1, 0.15) is 5.56 Å². The average molecular weight is 492 g/mol. The molecule has 20 heavy (non-hydrogen) atoms. The number of hydrogen-bond donors (Lipinski definition) is 0. The zero-order valence-electron chi connectivity index (χ0n) is 10.8. The minimum atomic E-state index is -3.55. The minimum Gasteiger partial charge on any atom is -0.378 e. The number of morpholine rings is 1. The number of nitrogens with zero attached hydrogens (tertiary/aromatic N) is 1. The Balaban J connectivity index is 2.46. The molecular formula is C12H14Br3NO3S. The number of benzene rings is 1. The Bertz CT molecular complexity index is 606. The van der Waals surface area contributed by atoms with Gasteiger partial charge in [0.2, 0.25) is 10.0 Å². The summed E-state index contributed by atoms with van der Waals surface area (Å²) in [7, 11) is -3.55. The topological polar surface area (TPSA) is 46.6 Å². The highest BCUT2D eigenvalue weighted by atomic mass is 79.9. The maximum atomic E-state index is 12.8. The van der Waals surface area contributed by atoms with Crippen molar-refractivity contribution in [2.75, 3.05) is 25.1 Å². The molecular weight excluding hydrogens is 478 g/mol. The van der Waals surface area contributed by atoms with Crippen LogP contribution in [0.4, 0.5) is 0 Å². The predicted molar refractivity (Wildman–Crippen MR) is 88.9 cm³/mol. The smallest absolute Gasteiger partial charge is 0.244 e. The molecule has 0 aromatic heterocycles. The number of alkyl halides is 1. The van der Waals surface area contributed by atoms with Gasteiger partial charge in [-0.05, 0) is 40.5 Å². The van der Waals surface area contributed by atoms with Crippen LogP contribution in [-0.4, -0.2) is 43.9 Å². The van der Waals surface area contributed by atoms with Gasteiger partial charge >= 0.3 is 0 Å². The maximum absolute atomic E-state index is 12.8. The zero-order chi connectivity index (χ0) is 14.9. The van der Waals surface area contributed by atoms with Crippen molar-refractivity contribution in [3.05, 3.63) is 26.6 Å². The van der Waals surface area contributed by atoms with Gasteiger partial charge in [-0.25, -0.2) is 8.42 Å². The summed E-state index contributed by atoms with van der Waals surface area (Å²) in [6, 6.07) is 3.27. The summed E-state index contributed by atoms with van der Waals surface area (Å²) in [5, 5.41) is 0.552. The van der Waals surface area contributed by atoms with Gasteiger partial charge in [-0.1, -0.05) is 31.9 Å². The number of sulfonamides is 1. The van der Waals surface area contributed by atoms with E-state index >= 15 is 0 Å². The van der Waals surface area contributed by atoms with Crippen LogP contribution < -0.4 is 0 Å². The first kappa shape index (κ1) is 16.9. The van der Waals surface area contributed by atoms with Crippen LogP contribution in [0.15, 0.2) is 26.0 Å². The van der Waals surface area contributed by atoms with Gasteiger partial charge in [-0.3, -0.25) is 0 Å². The molecule has 8 heteroatoms. The number of ether oxygens (including phenoxy) is 1. The molecule has 0 spiro atoms. The standard InChI is InChI=1S/C12H14Br3NO3S/c1-8-4-11(15)12(5-10(8)14)20(17,18)16-2-3-19-7-9(16)6-13/h4-5,9H,2-3,6-7H2,1H3. The van der Waals surface area contributed by atoms with E-state index in [1.807, 2.05) is 6.92 Å². The minimum absolute atomic E-state index is 0.180. The Hall–Kier alpha value is 0.530. The van der Waals surface area contributed by atoms with Crippen LogP contribution in [0.5, 0.6) is 0 Å². The molecule has 0 N–H and O–H groups in total. The van der Waals surface area contributed by atoms with Crippen molar-refractivity contribution in [2.24, 2.45) is 0 Å². The molecule has 4 nitrogen and oxygen atoms in total. The van der Waals surface area contributed by atoms with E-state index in [4.69, 9.17) is 4.74 Å². The highest BCUT2D eigenvalue weighted by molar-refractivity contribution is 9.11. The van der Waals surface area contributed by atoms with Crippen molar-refractivity contribution in [1.82, 2.24) is 4.31 Å². The monoisotopic (exact) mass is 489 g/mol. The second-order valence-electron chi connectivity index (χ2n) is 4.53. The molecule has 1 aliphatic rings. The highest BCUT2D eigenvalue weighted by Crippen LogP contribution is 2.32. The number of halogens is 3. The molecule has 1 heterocycles. The molecule has 1 aromatic rings. The van der Waals surface area contributed by atoms with Gasteiger partial charge in [-0.2, -0.15) is 4.31 Å². The van der Waals surface area contributed by atoms with Gasteiger partial charge in [0, 0.05) is 20.8 Å². The third-order valence-electron chi connectivity index (χ3n) is 3.15. The Morgan fingerprint density at radius 3 is 2.70 bits per heavy atom. The van der Waals surface area contributed by atoms with E-state index in [1.165, 1.54) is 4.31 Å². The SMILES string of the molecule is Cc1cc(Br)c(S(=O)(=O)N2CCOCC2CBr)cc1Br. The lowest BCUT2D eigenvalue weighted by atomic mass is 10.2. The molecule has 1 saturated heterocycles. The first-order valence-corrected chi connectivity index (χ1v) is 10.1. The summed E-state index contributed by atoms with van der Waals surface area (Å²) in [4.78, 5) is 0.280. The fourth-order valence-corrected chi connectivity index (χ4v) is 5.99. The van der Waals surface area contributed by atoms with E-state index in [2.05, 4.69) is 47.8 Å². The van der Waals surface area contributed by atoms with Crippen LogP contribution in [0.2, 0.25) is 0 Å². The van der Waals surface area contributed by atoms with Crippen molar-refractivity contribution in [3.63, 3.8) is 0 Å². The Morgan fingerprint density at radius 1 is 1.35 bits per heavy atom. The van der Waals surface area contributed by atoms with Crippen LogP contribution in [0.3, 0.4) is 0 Å². The summed E-state index contributed by atoms with van der Waals surface area (Å²) in [6.45, 7) is 3.13. The normalized spacial score (nSPS) is 21.1. The van der Waals surface area contributed by atoms with Crippen LogP contribution in [0, 0.1) is 6.92 Å². The van der Waals surface area contributed by atoms with E-state index in [9.17, 15) is 8.42 Å². The number of hydrogen-bond acceptors (Lipinski definition) is 3. The second kappa shape index (κ2) is 6.75. The lowest BCUT2D eigenvalue weighted by Gasteiger charge is -2.33. The van der Waals surface area contributed by atoms with Crippen molar-refractivity contribution in [3.8, 4) is 0 Å². The Kier molecular flexibility index (Phi) is 5.70. The quantitative estimate of drug-likeness (QED) is 0.609. The van der Waals surface area contributed by atoms with Crippen LogP contribution in [-0.2, 0) is 14.8 Å². The third-order valence-corrected chi connectivity index (χ3v) is 7.66. The van der Waals surface area contributed by atoms with Crippen molar-refractivity contribution >= 4 is 57.8 Å². The van der Waals surface area contributed by atoms with Gasteiger partial charge in [0.25, 0.3) is 0 Å². The molecule has 1 fully saturated rings. The predicted octanol–water partition coefficient (Wildman–Crippen LogP) is 3.30. The first-order valence-electron chi connectivity index (χ1n) is 5.99. The molecule has 1 aromatic carbocycles. The fourth-order valence-electron chi connectivity index (χ4n) is 2.03. The van der Waals surface area contributed by atoms with E-state index in [0.717, 1.165) is 10.0 Å². The largest absolute Gasteiger partial charge is 0.378 e. The van der Waals surface area contributed by atoms with Gasteiger partial charge in [0.1, 0.15) is 0 Å². The summed E-state index contributed by atoms with van der Waals surface area (Å²) in [5.41, 5.74) is 0.981. The number of rotatable bonds is 3. The Labute approximate surface area is 144 Å². The molecule has 0 radical (unpaired) electrons. The van der Waals surface area contributed by atoms with E-state index in [-0.39, 0.29) is 10.9 Å². The molecule has 0 saturated carbocycles. The molecule has 112 valence electrons. The first-order chi connectivity index (χ1) is 9.37. The van der Waals surface area contributed by atoms with Gasteiger partial charge in [0.05, 0.1) is 24.2 Å². The number of aryl methyl sites for hydroxylation is 1. The third kappa shape index (κ3) is 3.30. The fraction of sp³-hybridized carbons (Fsp3) is 0.500. The van der Waals surface area contributed by atoms with Gasteiger partial charge in [-0.15, -0.1) is 0 Å². The molecule has 2 rings (SSSR count). The summed E-state index contributed by atoms with van der Waals surface area (Å²) in [6.07, 6.45) is 0. The van der Waals surface area contributed by atoms with Crippen LogP contribution >= 0.6 is 47.8 Å². The van der Waals surface area contributed by atoms with E-state index in [1.54, 1.807) is 12.1 Å². The van der Waals surface area contributed by atoms with Gasteiger partial charge < -0.3 is 4.74 Å². The summed E-state index contributed by atoms with van der Waals surface area (Å²) < 4.78 is 33.9.